The minimum Gasteiger partial charge on any atom is -0.484 e. The Morgan fingerprint density at radius 3 is 2.71 bits per heavy atom. The molecular weight excluding hydrogens is 328 g/mol. The third-order valence-corrected chi connectivity index (χ3v) is 4.78. The van der Waals surface area contributed by atoms with Crippen LogP contribution in [-0.4, -0.2) is 33.5 Å². The van der Waals surface area contributed by atoms with E-state index in [9.17, 15) is 5.11 Å². The molecule has 1 aromatic heterocycles. The fourth-order valence-electron chi connectivity index (χ4n) is 3.25. The van der Waals surface area contributed by atoms with Crippen molar-refractivity contribution in [3.63, 3.8) is 0 Å². The van der Waals surface area contributed by atoms with Crippen molar-refractivity contribution < 1.29 is 14.4 Å². The molecule has 0 amide bonds. The first-order valence-corrected chi connectivity index (χ1v) is 8.55. The smallest absolute Gasteiger partial charge is 0.147 e. The lowest BCUT2D eigenvalue weighted by Gasteiger charge is -2.39. The first-order chi connectivity index (χ1) is 11.4. The molecule has 1 saturated heterocycles. The molecule has 1 aromatic carbocycles. The number of likely N-dealkylation sites (tertiary alicyclic amines) is 1. The molecule has 2 atom stereocenters. The summed E-state index contributed by atoms with van der Waals surface area (Å²) in [6.07, 6.45) is 2.83. The van der Waals surface area contributed by atoms with Crippen LogP contribution >= 0.6 is 11.6 Å². The number of benzene rings is 1. The van der Waals surface area contributed by atoms with Gasteiger partial charge >= 0.3 is 0 Å². The highest BCUT2D eigenvalue weighted by atomic mass is 35.5. The van der Waals surface area contributed by atoms with Crippen LogP contribution in [0.5, 0.6) is 5.75 Å². The Hall–Kier alpha value is -1.56. The fourth-order valence-corrected chi connectivity index (χ4v) is 3.38. The Labute approximate surface area is 147 Å². The van der Waals surface area contributed by atoms with Gasteiger partial charge in [-0.15, -0.1) is 0 Å². The number of hydrogen-bond donors (Lipinski definition) is 1. The zero-order valence-corrected chi connectivity index (χ0v) is 15.0. The van der Waals surface area contributed by atoms with Crippen LogP contribution in [-0.2, 0) is 0 Å². The van der Waals surface area contributed by atoms with Crippen LogP contribution in [0.3, 0.4) is 0 Å². The standard InChI is InChI=1S/C18H23ClN2O3/c1-12-11-23-20-16(12)15-5-4-10-21(15)17(22)18(2,3)24-14-8-6-13(19)7-9-14/h6-9,11,15,17,22H,4-5,10H2,1-3H3/t15-,17?/m0/s1. The highest BCUT2D eigenvalue weighted by Gasteiger charge is 2.42. The average molecular weight is 351 g/mol. The number of rotatable bonds is 5. The minimum absolute atomic E-state index is 0.0480. The summed E-state index contributed by atoms with van der Waals surface area (Å²) in [5, 5.41) is 15.7. The average Bonchev–Trinajstić information content (AvgIpc) is 3.16. The molecule has 0 saturated carbocycles. The monoisotopic (exact) mass is 350 g/mol. The normalized spacial score (nSPS) is 20.3. The van der Waals surface area contributed by atoms with Crippen molar-refractivity contribution >= 4 is 11.6 Å². The van der Waals surface area contributed by atoms with Gasteiger partial charge in [0.15, 0.2) is 0 Å². The van der Waals surface area contributed by atoms with Crippen LogP contribution in [0, 0.1) is 6.92 Å². The summed E-state index contributed by atoms with van der Waals surface area (Å²) in [7, 11) is 0. The van der Waals surface area contributed by atoms with Crippen LogP contribution in [0.15, 0.2) is 35.1 Å². The molecule has 0 radical (unpaired) electrons. The molecule has 3 rings (SSSR count). The van der Waals surface area contributed by atoms with Gasteiger partial charge in [-0.05, 0) is 57.9 Å². The summed E-state index contributed by atoms with van der Waals surface area (Å²) in [4.78, 5) is 2.04. The number of nitrogens with zero attached hydrogens (tertiary/aromatic N) is 2. The quantitative estimate of drug-likeness (QED) is 0.884. The summed E-state index contributed by atoms with van der Waals surface area (Å²) < 4.78 is 11.1. The SMILES string of the molecule is Cc1conc1[C@@H]1CCCN1C(O)C(C)(C)Oc1ccc(Cl)cc1. The van der Waals surface area contributed by atoms with E-state index in [0.29, 0.717) is 10.8 Å². The molecular formula is C18H23ClN2O3. The van der Waals surface area contributed by atoms with Gasteiger partial charge in [-0.2, -0.15) is 0 Å². The van der Waals surface area contributed by atoms with E-state index in [-0.39, 0.29) is 6.04 Å². The highest BCUT2D eigenvalue weighted by molar-refractivity contribution is 6.30. The number of hydrogen-bond acceptors (Lipinski definition) is 5. The van der Waals surface area contributed by atoms with E-state index in [2.05, 4.69) is 5.16 Å². The fraction of sp³-hybridized carbons (Fsp3) is 0.500. The molecule has 0 spiro atoms. The molecule has 6 heteroatoms. The van der Waals surface area contributed by atoms with Gasteiger partial charge in [-0.25, -0.2) is 0 Å². The largest absolute Gasteiger partial charge is 0.484 e. The van der Waals surface area contributed by atoms with E-state index in [0.717, 1.165) is 30.6 Å². The van der Waals surface area contributed by atoms with Gasteiger partial charge in [0.2, 0.25) is 0 Å². The number of aromatic nitrogens is 1. The van der Waals surface area contributed by atoms with Gasteiger partial charge in [-0.1, -0.05) is 16.8 Å². The second-order valence-corrected chi connectivity index (χ2v) is 7.25. The van der Waals surface area contributed by atoms with Crippen molar-refractivity contribution in [3.8, 4) is 5.75 Å². The summed E-state index contributed by atoms with van der Waals surface area (Å²) in [5.74, 6) is 0.678. The van der Waals surface area contributed by atoms with Crippen molar-refractivity contribution in [1.82, 2.24) is 10.1 Å². The van der Waals surface area contributed by atoms with Crippen LogP contribution in [0.25, 0.3) is 0 Å². The molecule has 24 heavy (non-hydrogen) atoms. The van der Waals surface area contributed by atoms with Crippen LogP contribution < -0.4 is 4.74 Å². The maximum atomic E-state index is 11.0. The maximum absolute atomic E-state index is 11.0. The van der Waals surface area contributed by atoms with Gasteiger partial charge in [0.05, 0.1) is 6.04 Å². The summed E-state index contributed by atoms with van der Waals surface area (Å²) in [6.45, 7) is 6.55. The van der Waals surface area contributed by atoms with Crippen molar-refractivity contribution in [1.29, 1.82) is 0 Å². The number of aryl methyl sites for hydroxylation is 1. The number of halogens is 1. The second-order valence-electron chi connectivity index (χ2n) is 6.81. The topological polar surface area (TPSA) is 58.7 Å². The minimum atomic E-state index is -0.784. The predicted octanol–water partition coefficient (Wildman–Crippen LogP) is 3.95. The Balaban J connectivity index is 1.77. The van der Waals surface area contributed by atoms with Gasteiger partial charge in [0, 0.05) is 17.1 Å². The number of aliphatic hydroxyl groups excluding tert-OH is 1. The van der Waals surface area contributed by atoms with E-state index in [1.54, 1.807) is 30.5 Å². The lowest BCUT2D eigenvalue weighted by molar-refractivity contribution is -0.123. The van der Waals surface area contributed by atoms with Gasteiger partial charge in [0.25, 0.3) is 0 Å². The number of aliphatic hydroxyl groups is 1. The molecule has 0 bridgehead atoms. The van der Waals surface area contributed by atoms with E-state index < -0.39 is 11.8 Å². The maximum Gasteiger partial charge on any atom is 0.147 e. The third-order valence-electron chi connectivity index (χ3n) is 4.52. The molecule has 1 fully saturated rings. The van der Waals surface area contributed by atoms with Crippen LogP contribution in [0.1, 0.15) is 44.0 Å². The Morgan fingerprint density at radius 2 is 2.08 bits per heavy atom. The molecule has 1 aliphatic rings. The Morgan fingerprint density at radius 1 is 1.38 bits per heavy atom. The zero-order valence-electron chi connectivity index (χ0n) is 14.2. The third kappa shape index (κ3) is 3.43. The van der Waals surface area contributed by atoms with Gasteiger partial charge in [-0.3, -0.25) is 4.90 Å². The molecule has 2 heterocycles. The van der Waals surface area contributed by atoms with Crippen LogP contribution in [0.2, 0.25) is 5.02 Å². The lowest BCUT2D eigenvalue weighted by Crippen LogP contribution is -2.52. The highest BCUT2D eigenvalue weighted by Crippen LogP contribution is 2.37. The van der Waals surface area contributed by atoms with Gasteiger partial charge < -0.3 is 14.4 Å². The lowest BCUT2D eigenvalue weighted by atomic mass is 10.0. The van der Waals surface area contributed by atoms with Crippen molar-refractivity contribution in [2.45, 2.75) is 51.5 Å². The Bertz CT molecular complexity index is 684. The Kier molecular flexibility index (Phi) is 4.85. The van der Waals surface area contributed by atoms with Crippen molar-refractivity contribution in [3.05, 3.63) is 46.8 Å². The van der Waals surface area contributed by atoms with E-state index in [1.165, 1.54) is 0 Å². The van der Waals surface area contributed by atoms with E-state index in [4.69, 9.17) is 20.9 Å². The first-order valence-electron chi connectivity index (χ1n) is 8.18. The second kappa shape index (κ2) is 6.75. The van der Waals surface area contributed by atoms with E-state index in [1.807, 2.05) is 25.7 Å². The predicted molar refractivity (Wildman–Crippen MR) is 92.1 cm³/mol. The summed E-state index contributed by atoms with van der Waals surface area (Å²) >= 11 is 5.91. The molecule has 0 aliphatic carbocycles. The van der Waals surface area contributed by atoms with Crippen LogP contribution in [0.4, 0.5) is 0 Å². The van der Waals surface area contributed by atoms with Gasteiger partial charge in [0.1, 0.15) is 29.5 Å². The number of ether oxygens (including phenoxy) is 1. The molecule has 130 valence electrons. The molecule has 1 N–H and O–H groups in total. The molecule has 2 aromatic rings. The van der Waals surface area contributed by atoms with Crippen molar-refractivity contribution in [2.75, 3.05) is 6.54 Å². The molecule has 5 nitrogen and oxygen atoms in total. The summed E-state index contributed by atoms with van der Waals surface area (Å²) in [6, 6.07) is 7.21. The molecule has 1 aliphatic heterocycles. The zero-order chi connectivity index (χ0) is 17.3. The first kappa shape index (κ1) is 17.3. The van der Waals surface area contributed by atoms with Crippen molar-refractivity contribution in [2.24, 2.45) is 0 Å². The summed E-state index contributed by atoms with van der Waals surface area (Å²) in [5.41, 5.74) is 1.12. The van der Waals surface area contributed by atoms with E-state index >= 15 is 0 Å². The molecule has 1 unspecified atom stereocenters.